The van der Waals surface area contributed by atoms with E-state index in [9.17, 15) is 4.79 Å². The van der Waals surface area contributed by atoms with Crippen molar-refractivity contribution in [2.24, 2.45) is 4.99 Å². The maximum absolute atomic E-state index is 11.5. The minimum atomic E-state index is 0.0533. The molecule has 1 aromatic carbocycles. The fourth-order valence-electron chi connectivity index (χ4n) is 1.84. The number of rotatable bonds is 8. The average Bonchev–Trinajstić information content (AvgIpc) is 2.56. The summed E-state index contributed by atoms with van der Waals surface area (Å²) in [6.07, 6.45) is 1.38. The molecule has 22 heavy (non-hydrogen) atoms. The van der Waals surface area contributed by atoms with Crippen molar-refractivity contribution >= 4 is 11.9 Å². The van der Waals surface area contributed by atoms with Gasteiger partial charge in [0.25, 0.3) is 0 Å². The van der Waals surface area contributed by atoms with E-state index in [0.717, 1.165) is 24.3 Å². The SMILES string of the molecule is CCCNC(=O)CCNC(=NC)NCc1cccc(OC)c1. The quantitative estimate of drug-likeness (QED) is 0.499. The van der Waals surface area contributed by atoms with Crippen molar-refractivity contribution in [1.82, 2.24) is 16.0 Å². The van der Waals surface area contributed by atoms with Gasteiger partial charge in [0.1, 0.15) is 5.75 Å². The number of nitrogens with one attached hydrogen (secondary N) is 3. The Morgan fingerprint density at radius 3 is 2.73 bits per heavy atom. The number of hydrogen-bond donors (Lipinski definition) is 3. The van der Waals surface area contributed by atoms with Crippen LogP contribution in [-0.4, -0.2) is 39.1 Å². The number of hydrogen-bond acceptors (Lipinski definition) is 3. The molecule has 0 aliphatic rings. The number of carbonyl (C=O) groups excluding carboxylic acids is 1. The van der Waals surface area contributed by atoms with E-state index in [4.69, 9.17) is 4.74 Å². The number of methoxy groups -OCH3 is 1. The van der Waals surface area contributed by atoms with Crippen LogP contribution >= 0.6 is 0 Å². The maximum Gasteiger partial charge on any atom is 0.221 e. The van der Waals surface area contributed by atoms with Crippen LogP contribution in [0.1, 0.15) is 25.3 Å². The van der Waals surface area contributed by atoms with Crippen LogP contribution in [0.25, 0.3) is 0 Å². The highest BCUT2D eigenvalue weighted by molar-refractivity contribution is 5.81. The molecule has 0 aliphatic heterocycles. The third kappa shape index (κ3) is 6.97. The van der Waals surface area contributed by atoms with E-state index in [2.05, 4.69) is 20.9 Å². The molecule has 0 atom stereocenters. The molecule has 1 amide bonds. The van der Waals surface area contributed by atoms with E-state index < -0.39 is 0 Å². The Balaban J connectivity index is 2.32. The van der Waals surface area contributed by atoms with Crippen LogP contribution in [0, 0.1) is 0 Å². The van der Waals surface area contributed by atoms with E-state index in [0.29, 0.717) is 25.5 Å². The zero-order chi connectivity index (χ0) is 16.2. The van der Waals surface area contributed by atoms with Gasteiger partial charge in [-0.2, -0.15) is 0 Å². The fourth-order valence-corrected chi connectivity index (χ4v) is 1.84. The van der Waals surface area contributed by atoms with Gasteiger partial charge in [0, 0.05) is 33.1 Å². The molecule has 0 aromatic heterocycles. The molecule has 0 spiro atoms. The Morgan fingerprint density at radius 2 is 2.05 bits per heavy atom. The predicted molar refractivity (Wildman–Crippen MR) is 89.1 cm³/mol. The molecule has 6 heteroatoms. The lowest BCUT2D eigenvalue weighted by Crippen LogP contribution is -2.39. The summed E-state index contributed by atoms with van der Waals surface area (Å²) in [5.74, 6) is 1.55. The summed E-state index contributed by atoms with van der Waals surface area (Å²) in [6, 6.07) is 7.84. The summed E-state index contributed by atoms with van der Waals surface area (Å²) >= 11 is 0. The predicted octanol–water partition coefficient (Wildman–Crippen LogP) is 1.28. The smallest absolute Gasteiger partial charge is 0.221 e. The van der Waals surface area contributed by atoms with Crippen molar-refractivity contribution in [3.63, 3.8) is 0 Å². The Kier molecular flexibility index (Phi) is 8.49. The summed E-state index contributed by atoms with van der Waals surface area (Å²) in [6.45, 7) is 3.94. The zero-order valence-corrected chi connectivity index (χ0v) is 13.6. The Bertz CT molecular complexity index is 489. The number of ether oxygens (including phenoxy) is 1. The minimum absolute atomic E-state index is 0.0533. The van der Waals surface area contributed by atoms with Crippen LogP contribution in [0.3, 0.4) is 0 Å². The summed E-state index contributed by atoms with van der Waals surface area (Å²) < 4.78 is 5.19. The molecular weight excluding hydrogens is 280 g/mol. The summed E-state index contributed by atoms with van der Waals surface area (Å²) in [4.78, 5) is 15.6. The van der Waals surface area contributed by atoms with Crippen LogP contribution in [-0.2, 0) is 11.3 Å². The minimum Gasteiger partial charge on any atom is -0.497 e. The van der Waals surface area contributed by atoms with Crippen LogP contribution in [0.5, 0.6) is 5.75 Å². The average molecular weight is 306 g/mol. The van der Waals surface area contributed by atoms with Crippen molar-refractivity contribution in [1.29, 1.82) is 0 Å². The molecule has 0 aliphatic carbocycles. The second kappa shape index (κ2) is 10.5. The second-order valence-corrected chi connectivity index (χ2v) is 4.80. The molecule has 0 fully saturated rings. The van der Waals surface area contributed by atoms with E-state index in [1.165, 1.54) is 0 Å². The standard InChI is InChI=1S/C16H26N4O2/c1-4-9-18-15(21)8-10-19-16(17-2)20-12-13-6-5-7-14(11-13)22-3/h5-7,11H,4,8-10,12H2,1-3H3,(H,18,21)(H2,17,19,20). The molecule has 0 saturated carbocycles. The Labute approximate surface area is 132 Å². The maximum atomic E-state index is 11.5. The third-order valence-corrected chi connectivity index (χ3v) is 3.03. The first-order chi connectivity index (χ1) is 10.7. The van der Waals surface area contributed by atoms with E-state index >= 15 is 0 Å². The van der Waals surface area contributed by atoms with Gasteiger partial charge in [0.05, 0.1) is 7.11 Å². The lowest BCUT2D eigenvalue weighted by molar-refractivity contribution is -0.120. The lowest BCUT2D eigenvalue weighted by atomic mass is 10.2. The number of carbonyl (C=O) groups is 1. The van der Waals surface area contributed by atoms with Crippen molar-refractivity contribution in [3.8, 4) is 5.75 Å². The van der Waals surface area contributed by atoms with Crippen LogP contribution in [0.15, 0.2) is 29.3 Å². The van der Waals surface area contributed by atoms with Crippen LogP contribution in [0.4, 0.5) is 0 Å². The van der Waals surface area contributed by atoms with E-state index in [1.807, 2.05) is 31.2 Å². The highest BCUT2D eigenvalue weighted by atomic mass is 16.5. The van der Waals surface area contributed by atoms with Gasteiger partial charge in [-0.25, -0.2) is 0 Å². The number of guanidine groups is 1. The summed E-state index contributed by atoms with van der Waals surface area (Å²) in [7, 11) is 3.36. The molecule has 1 rings (SSSR count). The molecule has 0 saturated heterocycles. The van der Waals surface area contributed by atoms with E-state index in [1.54, 1.807) is 14.2 Å². The number of aliphatic imine (C=N–C) groups is 1. The third-order valence-electron chi connectivity index (χ3n) is 3.03. The number of nitrogens with zero attached hydrogens (tertiary/aromatic N) is 1. The number of benzene rings is 1. The van der Waals surface area contributed by atoms with Crippen LogP contribution < -0.4 is 20.7 Å². The molecule has 0 unspecified atom stereocenters. The first-order valence-corrected chi connectivity index (χ1v) is 7.53. The van der Waals surface area contributed by atoms with Gasteiger partial charge in [-0.05, 0) is 24.1 Å². The molecule has 3 N–H and O–H groups in total. The molecule has 122 valence electrons. The van der Waals surface area contributed by atoms with Crippen molar-refractivity contribution in [2.45, 2.75) is 26.3 Å². The van der Waals surface area contributed by atoms with Gasteiger partial charge in [0.15, 0.2) is 5.96 Å². The second-order valence-electron chi connectivity index (χ2n) is 4.80. The van der Waals surface area contributed by atoms with Gasteiger partial charge in [-0.15, -0.1) is 0 Å². The fraction of sp³-hybridized carbons (Fsp3) is 0.500. The van der Waals surface area contributed by atoms with Crippen molar-refractivity contribution in [2.75, 3.05) is 27.2 Å². The molecule has 6 nitrogen and oxygen atoms in total. The van der Waals surface area contributed by atoms with Crippen molar-refractivity contribution < 1.29 is 9.53 Å². The number of amides is 1. The van der Waals surface area contributed by atoms with Crippen molar-refractivity contribution in [3.05, 3.63) is 29.8 Å². The summed E-state index contributed by atoms with van der Waals surface area (Å²) in [5.41, 5.74) is 1.10. The lowest BCUT2D eigenvalue weighted by Gasteiger charge is -2.12. The molecule has 0 bridgehead atoms. The molecule has 0 heterocycles. The van der Waals surface area contributed by atoms with Gasteiger partial charge in [-0.1, -0.05) is 19.1 Å². The molecular formula is C16H26N4O2. The Morgan fingerprint density at radius 1 is 1.23 bits per heavy atom. The highest BCUT2D eigenvalue weighted by Gasteiger charge is 2.02. The first-order valence-electron chi connectivity index (χ1n) is 7.53. The van der Waals surface area contributed by atoms with Crippen LogP contribution in [0.2, 0.25) is 0 Å². The Hall–Kier alpha value is -2.24. The zero-order valence-electron chi connectivity index (χ0n) is 13.6. The first kappa shape index (κ1) is 17.8. The van der Waals surface area contributed by atoms with Gasteiger partial charge < -0.3 is 20.7 Å². The summed E-state index contributed by atoms with van der Waals surface area (Å²) in [5, 5.41) is 9.17. The molecule has 0 radical (unpaired) electrons. The molecule has 1 aromatic rings. The normalized spacial score (nSPS) is 11.0. The monoisotopic (exact) mass is 306 g/mol. The highest BCUT2D eigenvalue weighted by Crippen LogP contribution is 2.11. The van der Waals surface area contributed by atoms with Gasteiger partial charge in [0.2, 0.25) is 5.91 Å². The van der Waals surface area contributed by atoms with Gasteiger partial charge >= 0.3 is 0 Å². The largest absolute Gasteiger partial charge is 0.497 e. The topological polar surface area (TPSA) is 74.8 Å². The van der Waals surface area contributed by atoms with E-state index in [-0.39, 0.29) is 5.91 Å². The van der Waals surface area contributed by atoms with Gasteiger partial charge in [-0.3, -0.25) is 9.79 Å².